The number of hydrazone groups is 1. The molecule has 0 radical (unpaired) electrons. The number of halogens is 1. The van der Waals surface area contributed by atoms with E-state index in [1.54, 1.807) is 24.3 Å². The maximum atomic E-state index is 12.1. The van der Waals surface area contributed by atoms with Gasteiger partial charge in [-0.2, -0.15) is 5.10 Å². The third kappa shape index (κ3) is 5.19. The summed E-state index contributed by atoms with van der Waals surface area (Å²) in [5.41, 5.74) is 6.08. The predicted octanol–water partition coefficient (Wildman–Crippen LogP) is 5.11. The van der Waals surface area contributed by atoms with Gasteiger partial charge in [0.1, 0.15) is 0 Å². The van der Waals surface area contributed by atoms with E-state index in [0.29, 0.717) is 17.1 Å². The molecular weight excluding hydrogens is 346 g/mol. The smallest absolute Gasteiger partial charge is 0.307 e. The maximum absolute atomic E-state index is 12.1. The van der Waals surface area contributed by atoms with E-state index in [0.717, 1.165) is 16.8 Å². The van der Waals surface area contributed by atoms with Crippen molar-refractivity contribution in [3.63, 3.8) is 0 Å². The van der Waals surface area contributed by atoms with Crippen LogP contribution in [0.1, 0.15) is 11.1 Å². The molecule has 0 unspecified atom stereocenters. The SMILES string of the molecule is O=C(N/N=C(/Cc1ccccc1)c1ccccc1)Nc1ccc(Cl)cc1. The molecule has 0 atom stereocenters. The summed E-state index contributed by atoms with van der Waals surface area (Å²) in [5, 5.41) is 7.67. The van der Waals surface area contributed by atoms with Crippen LogP contribution in [0.15, 0.2) is 90.0 Å². The zero-order valence-corrected chi connectivity index (χ0v) is 14.8. The molecule has 0 saturated carbocycles. The number of rotatable bonds is 5. The van der Waals surface area contributed by atoms with Crippen molar-refractivity contribution in [3.05, 3.63) is 101 Å². The Hall–Kier alpha value is -3.11. The number of nitrogens with one attached hydrogen (secondary N) is 2. The highest BCUT2D eigenvalue weighted by molar-refractivity contribution is 6.30. The van der Waals surface area contributed by atoms with Gasteiger partial charge in [-0.3, -0.25) is 0 Å². The highest BCUT2D eigenvalue weighted by Gasteiger charge is 2.07. The summed E-state index contributed by atoms with van der Waals surface area (Å²) in [7, 11) is 0. The van der Waals surface area contributed by atoms with Gasteiger partial charge in [0.2, 0.25) is 0 Å². The molecule has 0 aliphatic rings. The summed E-state index contributed by atoms with van der Waals surface area (Å²) >= 11 is 5.85. The van der Waals surface area contributed by atoms with E-state index in [9.17, 15) is 4.79 Å². The molecule has 0 heterocycles. The average Bonchev–Trinajstić information content (AvgIpc) is 2.68. The number of anilines is 1. The summed E-state index contributed by atoms with van der Waals surface area (Å²) in [6, 6.07) is 26.3. The molecule has 0 fully saturated rings. The third-order valence-electron chi connectivity index (χ3n) is 3.72. The average molecular weight is 364 g/mol. The monoisotopic (exact) mass is 363 g/mol. The number of amides is 2. The summed E-state index contributed by atoms with van der Waals surface area (Å²) in [4.78, 5) is 12.1. The third-order valence-corrected chi connectivity index (χ3v) is 3.97. The highest BCUT2D eigenvalue weighted by atomic mass is 35.5. The van der Waals surface area contributed by atoms with Crippen LogP contribution in [0.4, 0.5) is 10.5 Å². The topological polar surface area (TPSA) is 53.5 Å². The second-order valence-corrected chi connectivity index (χ2v) is 6.10. The fourth-order valence-corrected chi connectivity index (χ4v) is 2.56. The molecule has 5 heteroatoms. The molecule has 3 aromatic rings. The fraction of sp³-hybridized carbons (Fsp3) is 0.0476. The van der Waals surface area contributed by atoms with E-state index in [2.05, 4.69) is 15.8 Å². The van der Waals surface area contributed by atoms with Crippen LogP contribution >= 0.6 is 11.6 Å². The predicted molar refractivity (Wildman–Crippen MR) is 107 cm³/mol. The van der Waals surface area contributed by atoms with Crippen molar-refractivity contribution in [2.75, 3.05) is 5.32 Å². The van der Waals surface area contributed by atoms with E-state index in [1.165, 1.54) is 0 Å². The Morgan fingerprint density at radius 2 is 1.46 bits per heavy atom. The molecule has 0 aliphatic heterocycles. The van der Waals surface area contributed by atoms with Crippen LogP contribution in [0, 0.1) is 0 Å². The van der Waals surface area contributed by atoms with Crippen LogP contribution < -0.4 is 10.7 Å². The lowest BCUT2D eigenvalue weighted by molar-refractivity contribution is 0.252. The minimum atomic E-state index is -0.409. The van der Waals surface area contributed by atoms with Crippen molar-refractivity contribution in [2.45, 2.75) is 6.42 Å². The first-order valence-electron chi connectivity index (χ1n) is 8.19. The van der Waals surface area contributed by atoms with Crippen molar-refractivity contribution in [1.29, 1.82) is 0 Å². The molecule has 0 aliphatic carbocycles. The minimum absolute atomic E-state index is 0.409. The lowest BCUT2D eigenvalue weighted by Crippen LogP contribution is -2.26. The van der Waals surface area contributed by atoms with E-state index >= 15 is 0 Å². The van der Waals surface area contributed by atoms with Gasteiger partial charge in [0.15, 0.2) is 0 Å². The van der Waals surface area contributed by atoms with Crippen molar-refractivity contribution in [2.24, 2.45) is 5.10 Å². The van der Waals surface area contributed by atoms with Crippen LogP contribution in [0.25, 0.3) is 0 Å². The lowest BCUT2D eigenvalue weighted by atomic mass is 10.0. The number of benzene rings is 3. The molecule has 0 spiro atoms. The van der Waals surface area contributed by atoms with E-state index in [4.69, 9.17) is 11.6 Å². The summed E-state index contributed by atoms with van der Waals surface area (Å²) < 4.78 is 0. The molecule has 0 bridgehead atoms. The van der Waals surface area contributed by atoms with Gasteiger partial charge in [0.25, 0.3) is 0 Å². The first-order valence-corrected chi connectivity index (χ1v) is 8.57. The molecule has 130 valence electrons. The van der Waals surface area contributed by atoms with Crippen LogP contribution in [-0.4, -0.2) is 11.7 Å². The Bertz CT molecular complexity index is 878. The first kappa shape index (κ1) is 17.7. The van der Waals surface area contributed by atoms with Gasteiger partial charge >= 0.3 is 6.03 Å². The zero-order chi connectivity index (χ0) is 18.2. The number of nitrogens with zero attached hydrogens (tertiary/aromatic N) is 1. The number of urea groups is 1. The molecule has 26 heavy (non-hydrogen) atoms. The number of hydrogen-bond acceptors (Lipinski definition) is 2. The number of carbonyl (C=O) groups excluding carboxylic acids is 1. The molecule has 2 N–H and O–H groups in total. The molecule has 0 aromatic heterocycles. The standard InChI is InChI=1S/C21H18ClN3O/c22-18-11-13-19(14-12-18)23-21(26)25-24-20(17-9-5-2-6-10-17)15-16-7-3-1-4-8-16/h1-14H,15H2,(H2,23,25,26)/b24-20-. The minimum Gasteiger partial charge on any atom is -0.307 e. The van der Waals surface area contributed by atoms with Crippen LogP contribution in [0.3, 0.4) is 0 Å². The van der Waals surface area contributed by atoms with Gasteiger partial charge in [0, 0.05) is 17.1 Å². The molecule has 2 amide bonds. The Morgan fingerprint density at radius 1 is 0.846 bits per heavy atom. The van der Waals surface area contributed by atoms with Crippen LogP contribution in [0.5, 0.6) is 0 Å². The second kappa shape index (κ2) is 8.83. The van der Waals surface area contributed by atoms with E-state index in [-0.39, 0.29) is 0 Å². The first-order chi connectivity index (χ1) is 12.7. The van der Waals surface area contributed by atoms with Crippen LogP contribution in [-0.2, 0) is 6.42 Å². The molecule has 0 saturated heterocycles. The largest absolute Gasteiger partial charge is 0.339 e. The van der Waals surface area contributed by atoms with Gasteiger partial charge in [-0.1, -0.05) is 72.3 Å². The van der Waals surface area contributed by atoms with E-state index < -0.39 is 6.03 Å². The Kier molecular flexibility index (Phi) is 6.01. The van der Waals surface area contributed by atoms with Crippen LogP contribution in [0.2, 0.25) is 5.02 Å². The fourth-order valence-electron chi connectivity index (χ4n) is 2.44. The number of carbonyl (C=O) groups is 1. The molecule has 3 rings (SSSR count). The quantitative estimate of drug-likeness (QED) is 0.480. The van der Waals surface area contributed by atoms with Crippen molar-refractivity contribution >= 4 is 29.0 Å². The Morgan fingerprint density at radius 3 is 2.12 bits per heavy atom. The van der Waals surface area contributed by atoms with Crippen molar-refractivity contribution in [1.82, 2.24) is 5.43 Å². The van der Waals surface area contributed by atoms with Gasteiger partial charge in [-0.15, -0.1) is 0 Å². The second-order valence-electron chi connectivity index (χ2n) is 5.66. The molecular formula is C21H18ClN3O. The lowest BCUT2D eigenvalue weighted by Gasteiger charge is -2.09. The summed E-state index contributed by atoms with van der Waals surface area (Å²) in [5.74, 6) is 0. The van der Waals surface area contributed by atoms with E-state index in [1.807, 2.05) is 60.7 Å². The summed E-state index contributed by atoms with van der Waals surface area (Å²) in [6.45, 7) is 0. The van der Waals surface area contributed by atoms with Crippen molar-refractivity contribution in [3.8, 4) is 0 Å². The molecule has 4 nitrogen and oxygen atoms in total. The highest BCUT2D eigenvalue weighted by Crippen LogP contribution is 2.13. The van der Waals surface area contributed by atoms with Gasteiger partial charge in [-0.25, -0.2) is 10.2 Å². The Balaban J connectivity index is 1.73. The van der Waals surface area contributed by atoms with Gasteiger partial charge in [-0.05, 0) is 35.4 Å². The van der Waals surface area contributed by atoms with Crippen molar-refractivity contribution < 1.29 is 4.79 Å². The van der Waals surface area contributed by atoms with Gasteiger partial charge in [0.05, 0.1) is 5.71 Å². The summed E-state index contributed by atoms with van der Waals surface area (Å²) in [6.07, 6.45) is 0.617. The zero-order valence-electron chi connectivity index (χ0n) is 14.0. The van der Waals surface area contributed by atoms with Gasteiger partial charge < -0.3 is 5.32 Å². The molecule has 3 aromatic carbocycles. The normalized spacial score (nSPS) is 11.0. The number of hydrogen-bond donors (Lipinski definition) is 2. The maximum Gasteiger partial charge on any atom is 0.339 e. The Labute approximate surface area is 157 Å².